The van der Waals surface area contributed by atoms with Crippen LogP contribution in [0.5, 0.6) is 0 Å². The molecule has 3 heterocycles. The van der Waals surface area contributed by atoms with E-state index in [4.69, 9.17) is 11.0 Å². The van der Waals surface area contributed by atoms with Gasteiger partial charge in [-0.3, -0.25) is 19.7 Å². The number of piperazine rings is 1. The molecule has 7 nitrogen and oxygen atoms in total. The van der Waals surface area contributed by atoms with Crippen LogP contribution in [-0.4, -0.2) is 54.7 Å². The van der Waals surface area contributed by atoms with Crippen LogP contribution in [-0.2, 0) is 16.1 Å². The Morgan fingerprint density at radius 2 is 1.96 bits per heavy atom. The van der Waals surface area contributed by atoms with Gasteiger partial charge in [-0.15, -0.1) is 0 Å². The molecule has 3 amide bonds. The van der Waals surface area contributed by atoms with Gasteiger partial charge < -0.3 is 15.1 Å². The summed E-state index contributed by atoms with van der Waals surface area (Å²) in [5, 5.41) is 3.94. The largest absolute Gasteiger partial charge is 0.369 e. The normalized spacial score (nSPS) is 37.5. The maximum atomic E-state index is 13.0. The summed E-state index contributed by atoms with van der Waals surface area (Å²) in [7, 11) is 0. The number of benzene rings is 1. The zero-order valence-corrected chi connectivity index (χ0v) is 12.5. The second-order valence-electron chi connectivity index (χ2n) is 5.64. The summed E-state index contributed by atoms with van der Waals surface area (Å²) in [6, 6.07) is 3.12. The number of amides is 3. The van der Waals surface area contributed by atoms with Crippen molar-refractivity contribution >= 4 is 23.4 Å². The number of anilines is 1. The molecule has 7 heteroatoms. The van der Waals surface area contributed by atoms with Gasteiger partial charge in [0.25, 0.3) is 5.91 Å². The number of rotatable bonds is 2. The van der Waals surface area contributed by atoms with Gasteiger partial charge in [0.1, 0.15) is 6.04 Å². The molecule has 1 aromatic rings. The number of carbonyl (C=O) groups excluding carboxylic acids is 3. The molecule has 0 aliphatic carbocycles. The van der Waals surface area contributed by atoms with Crippen LogP contribution in [0.2, 0.25) is 0 Å². The monoisotopic (exact) mass is 336 g/mol. The van der Waals surface area contributed by atoms with Crippen LogP contribution in [0.15, 0.2) is 18.2 Å². The summed E-state index contributed by atoms with van der Waals surface area (Å²) in [6.45, 7) is -12.3. The fraction of sp³-hybridized carbons (Fsp3) is 0.471. The fourth-order valence-electron chi connectivity index (χ4n) is 3.13. The Kier molecular flexibility index (Phi) is 2.12. The molecule has 2 N–H and O–H groups in total. The van der Waals surface area contributed by atoms with Gasteiger partial charge in [0.15, 0.2) is 0 Å². The Bertz CT molecular complexity index is 1010. The number of hydrogen-bond donors (Lipinski definition) is 2. The minimum absolute atomic E-state index is 0.0344. The number of carbonyl (C=O) groups is 3. The highest BCUT2D eigenvalue weighted by molar-refractivity contribution is 6.06. The smallest absolute Gasteiger partial charge is 0.255 e. The Hall–Kier alpha value is -2.41. The molecule has 2 saturated heterocycles. The van der Waals surface area contributed by atoms with E-state index >= 15 is 0 Å². The van der Waals surface area contributed by atoms with Crippen molar-refractivity contribution in [1.29, 1.82) is 0 Å². The molecule has 24 heavy (non-hydrogen) atoms. The molecule has 3 aliphatic rings. The maximum absolute atomic E-state index is 13.0. The Morgan fingerprint density at radius 3 is 2.71 bits per heavy atom. The molecular weight excluding hydrogens is 308 g/mol. The third-order valence-corrected chi connectivity index (χ3v) is 4.26. The first kappa shape index (κ1) is 8.62. The summed E-state index contributed by atoms with van der Waals surface area (Å²) in [6.07, 6.45) is 0.132. The molecule has 0 radical (unpaired) electrons. The molecule has 126 valence electrons. The molecule has 1 aromatic carbocycles. The van der Waals surface area contributed by atoms with Gasteiger partial charge in [-0.05, 0) is 18.6 Å². The van der Waals surface area contributed by atoms with Gasteiger partial charge in [0.2, 0.25) is 11.8 Å². The lowest BCUT2D eigenvalue weighted by Crippen LogP contribution is -2.52. The van der Waals surface area contributed by atoms with Gasteiger partial charge in [-0.1, -0.05) is 6.07 Å². The Morgan fingerprint density at radius 1 is 1.17 bits per heavy atom. The average molecular weight is 336 g/mol. The van der Waals surface area contributed by atoms with E-state index in [0.717, 1.165) is 0 Å². The van der Waals surface area contributed by atoms with Crippen molar-refractivity contribution in [3.05, 3.63) is 29.3 Å². The predicted molar refractivity (Wildman–Crippen MR) is 87.6 cm³/mol. The first-order chi connectivity index (χ1) is 14.6. The standard InChI is InChI=1S/C17H20N4O3/c22-15-5-4-14(16(23)19-15)21-10-12-11(17(21)24)2-1-3-13(12)20-8-6-18-7-9-20/h1-3,14,18H,4-10H2,(H,19,22,23)/i6D2,7D2,8D2,9D2. The van der Waals surface area contributed by atoms with Crippen molar-refractivity contribution in [2.24, 2.45) is 0 Å². The van der Waals surface area contributed by atoms with E-state index in [9.17, 15) is 14.4 Å². The molecule has 0 saturated carbocycles. The summed E-state index contributed by atoms with van der Waals surface area (Å²) >= 11 is 0. The third-order valence-electron chi connectivity index (χ3n) is 4.26. The molecule has 1 atom stereocenters. The summed E-state index contributed by atoms with van der Waals surface area (Å²) in [5.74, 6) is -1.68. The Labute approximate surface area is 151 Å². The number of piperidine rings is 1. The molecule has 3 aliphatic heterocycles. The molecule has 0 spiro atoms. The second-order valence-corrected chi connectivity index (χ2v) is 5.64. The van der Waals surface area contributed by atoms with Gasteiger partial charge in [0.05, 0.1) is 5.48 Å². The number of nitrogens with zero attached hydrogens (tertiary/aromatic N) is 2. The Balaban J connectivity index is 1.81. The number of nitrogens with one attached hydrogen (secondary N) is 2. The van der Waals surface area contributed by atoms with E-state index in [-0.39, 0.29) is 36.2 Å². The molecular formula is C17H20N4O3. The second kappa shape index (κ2) is 5.90. The lowest BCUT2D eigenvalue weighted by atomic mass is 10.0. The zero-order chi connectivity index (χ0) is 23.9. The number of fused-ring (bicyclic) bond motifs is 1. The van der Waals surface area contributed by atoms with Crippen LogP contribution in [0, 0.1) is 0 Å². The van der Waals surface area contributed by atoms with E-state index < -0.39 is 49.8 Å². The van der Waals surface area contributed by atoms with E-state index in [1.54, 1.807) is 5.32 Å². The van der Waals surface area contributed by atoms with Crippen molar-refractivity contribution in [2.75, 3.05) is 30.9 Å². The number of hydrogen-bond acceptors (Lipinski definition) is 5. The predicted octanol–water partition coefficient (Wildman–Crippen LogP) is -0.143. The number of imide groups is 1. The first-order valence-corrected chi connectivity index (χ1v) is 7.48. The SMILES string of the molecule is [2H]C1([2H])NC([2H])([2H])C([2H])([2H])N(c2cccc3c2CN(C2CCC(=O)NC2=O)C3=O)C1([2H])[2H]. The van der Waals surface area contributed by atoms with Crippen LogP contribution < -0.4 is 15.5 Å². The topological polar surface area (TPSA) is 81.8 Å². The summed E-state index contributed by atoms with van der Waals surface area (Å²) in [5.41, 5.74) is 0.0109. The van der Waals surface area contributed by atoms with Crippen LogP contribution in [0.1, 0.15) is 39.7 Å². The average Bonchev–Trinajstić information content (AvgIpc) is 2.97. The van der Waals surface area contributed by atoms with Gasteiger partial charge in [-0.2, -0.15) is 0 Å². The lowest BCUT2D eigenvalue weighted by Gasteiger charge is -2.31. The molecule has 1 unspecified atom stereocenters. The van der Waals surface area contributed by atoms with Crippen molar-refractivity contribution < 1.29 is 25.3 Å². The van der Waals surface area contributed by atoms with Gasteiger partial charge >= 0.3 is 0 Å². The minimum Gasteiger partial charge on any atom is -0.369 e. The van der Waals surface area contributed by atoms with Crippen LogP contribution in [0.25, 0.3) is 0 Å². The van der Waals surface area contributed by atoms with E-state index in [1.807, 2.05) is 0 Å². The van der Waals surface area contributed by atoms with Crippen LogP contribution >= 0.6 is 0 Å². The highest BCUT2D eigenvalue weighted by atomic mass is 16.2. The summed E-state index contributed by atoms with van der Waals surface area (Å²) in [4.78, 5) is 38.4. The fourth-order valence-corrected chi connectivity index (χ4v) is 3.13. The van der Waals surface area contributed by atoms with Crippen LogP contribution in [0.4, 0.5) is 5.69 Å². The van der Waals surface area contributed by atoms with Crippen molar-refractivity contribution in [3.8, 4) is 0 Å². The molecule has 0 aromatic heterocycles. The summed E-state index contributed by atoms with van der Waals surface area (Å²) < 4.78 is 65.2. The quantitative estimate of drug-likeness (QED) is 0.735. The van der Waals surface area contributed by atoms with Crippen molar-refractivity contribution in [1.82, 2.24) is 15.5 Å². The highest BCUT2D eigenvalue weighted by Crippen LogP contribution is 2.34. The van der Waals surface area contributed by atoms with Crippen molar-refractivity contribution in [2.45, 2.75) is 25.4 Å². The molecule has 0 bridgehead atoms. The van der Waals surface area contributed by atoms with Gasteiger partial charge in [0, 0.05) is 61.3 Å². The highest BCUT2D eigenvalue weighted by Gasteiger charge is 2.40. The lowest BCUT2D eigenvalue weighted by molar-refractivity contribution is -0.136. The third kappa shape index (κ3) is 2.45. The van der Waals surface area contributed by atoms with Gasteiger partial charge in [-0.25, -0.2) is 0 Å². The van der Waals surface area contributed by atoms with E-state index in [0.29, 0.717) is 4.90 Å². The van der Waals surface area contributed by atoms with Crippen molar-refractivity contribution in [3.63, 3.8) is 0 Å². The zero-order valence-electron chi connectivity index (χ0n) is 20.5. The maximum Gasteiger partial charge on any atom is 0.255 e. The molecule has 4 rings (SSSR count). The minimum atomic E-state index is -3.05. The first-order valence-electron chi connectivity index (χ1n) is 11.5. The van der Waals surface area contributed by atoms with E-state index in [1.165, 1.54) is 23.1 Å². The van der Waals surface area contributed by atoms with E-state index in [2.05, 4.69) is 5.32 Å². The molecule has 2 fully saturated rings. The van der Waals surface area contributed by atoms with Crippen LogP contribution in [0.3, 0.4) is 0 Å².